The molecule has 0 spiro atoms. The SMILES string of the molecule is CNC(C)(C)C(=O)N(C)C(C)c1ccccc1O. The number of aromatic hydroxyl groups is 1. The molecule has 0 fully saturated rings. The zero-order chi connectivity index (χ0) is 13.9. The van der Waals surface area contributed by atoms with Crippen LogP contribution >= 0.6 is 0 Å². The van der Waals surface area contributed by atoms with Crippen LogP contribution in [0.15, 0.2) is 24.3 Å². The van der Waals surface area contributed by atoms with Crippen molar-refractivity contribution in [2.75, 3.05) is 14.1 Å². The molecule has 4 nitrogen and oxygen atoms in total. The summed E-state index contributed by atoms with van der Waals surface area (Å²) in [6, 6.07) is 6.91. The molecule has 1 atom stereocenters. The number of carbonyl (C=O) groups is 1. The number of amides is 1. The van der Waals surface area contributed by atoms with E-state index in [1.54, 1.807) is 31.1 Å². The smallest absolute Gasteiger partial charge is 0.242 e. The first-order valence-corrected chi connectivity index (χ1v) is 6.05. The summed E-state index contributed by atoms with van der Waals surface area (Å²) >= 11 is 0. The molecule has 2 N–H and O–H groups in total. The van der Waals surface area contributed by atoms with Gasteiger partial charge in [0, 0.05) is 12.6 Å². The van der Waals surface area contributed by atoms with Crippen molar-refractivity contribution in [2.45, 2.75) is 32.4 Å². The molecule has 1 unspecified atom stereocenters. The van der Waals surface area contributed by atoms with Crippen LogP contribution in [0, 0.1) is 0 Å². The van der Waals surface area contributed by atoms with Crippen LogP contribution in [0.3, 0.4) is 0 Å². The second-order valence-corrected chi connectivity index (χ2v) is 5.03. The Morgan fingerprint density at radius 3 is 2.44 bits per heavy atom. The lowest BCUT2D eigenvalue weighted by Crippen LogP contribution is -2.52. The Bertz CT molecular complexity index is 430. The second-order valence-electron chi connectivity index (χ2n) is 5.03. The maximum Gasteiger partial charge on any atom is 0.242 e. The van der Waals surface area contributed by atoms with Gasteiger partial charge in [0.05, 0.1) is 11.6 Å². The van der Waals surface area contributed by atoms with E-state index in [9.17, 15) is 9.90 Å². The van der Waals surface area contributed by atoms with Gasteiger partial charge in [-0.2, -0.15) is 0 Å². The zero-order valence-electron chi connectivity index (χ0n) is 11.7. The lowest BCUT2D eigenvalue weighted by atomic mass is 10.0. The van der Waals surface area contributed by atoms with Crippen molar-refractivity contribution < 1.29 is 9.90 Å². The van der Waals surface area contributed by atoms with E-state index >= 15 is 0 Å². The van der Waals surface area contributed by atoms with Gasteiger partial charge in [-0.1, -0.05) is 18.2 Å². The predicted octanol–water partition coefficient (Wildman–Crippen LogP) is 1.91. The first-order valence-electron chi connectivity index (χ1n) is 6.05. The van der Waals surface area contributed by atoms with Gasteiger partial charge in [0.15, 0.2) is 0 Å². The van der Waals surface area contributed by atoms with Crippen LogP contribution in [0.4, 0.5) is 0 Å². The Balaban J connectivity index is 2.95. The Morgan fingerprint density at radius 1 is 1.39 bits per heavy atom. The molecule has 0 saturated heterocycles. The van der Waals surface area contributed by atoms with Crippen molar-refractivity contribution in [2.24, 2.45) is 0 Å². The molecule has 18 heavy (non-hydrogen) atoms. The van der Waals surface area contributed by atoms with E-state index in [-0.39, 0.29) is 17.7 Å². The quantitative estimate of drug-likeness (QED) is 0.858. The van der Waals surface area contributed by atoms with Gasteiger partial charge in [-0.3, -0.25) is 4.79 Å². The van der Waals surface area contributed by atoms with Gasteiger partial charge in [0.25, 0.3) is 0 Å². The maximum absolute atomic E-state index is 12.3. The first-order chi connectivity index (χ1) is 8.31. The third-order valence-electron chi connectivity index (χ3n) is 3.45. The Morgan fingerprint density at radius 2 is 1.94 bits per heavy atom. The highest BCUT2D eigenvalue weighted by Crippen LogP contribution is 2.28. The van der Waals surface area contributed by atoms with Crippen molar-refractivity contribution in [3.8, 4) is 5.75 Å². The second kappa shape index (κ2) is 5.40. The maximum atomic E-state index is 12.3. The number of rotatable bonds is 4. The molecule has 0 radical (unpaired) electrons. The molecule has 1 aromatic rings. The minimum atomic E-state index is -0.618. The molecule has 1 aromatic carbocycles. The lowest BCUT2D eigenvalue weighted by Gasteiger charge is -2.33. The molecular weight excluding hydrogens is 228 g/mol. The number of nitrogens with one attached hydrogen (secondary N) is 1. The van der Waals surface area contributed by atoms with Gasteiger partial charge in [0.2, 0.25) is 5.91 Å². The fourth-order valence-electron chi connectivity index (χ4n) is 1.77. The monoisotopic (exact) mass is 250 g/mol. The molecule has 4 heteroatoms. The van der Waals surface area contributed by atoms with Gasteiger partial charge in [-0.15, -0.1) is 0 Å². The number of hydrogen-bond donors (Lipinski definition) is 2. The number of para-hydroxylation sites is 1. The van der Waals surface area contributed by atoms with E-state index in [2.05, 4.69) is 5.32 Å². The summed E-state index contributed by atoms with van der Waals surface area (Å²) in [5.74, 6) is 0.202. The number of nitrogens with zero attached hydrogens (tertiary/aromatic N) is 1. The van der Waals surface area contributed by atoms with Gasteiger partial charge < -0.3 is 15.3 Å². The van der Waals surface area contributed by atoms with Crippen LogP contribution in [-0.4, -0.2) is 35.5 Å². The minimum Gasteiger partial charge on any atom is -0.508 e. The molecule has 0 bridgehead atoms. The van der Waals surface area contributed by atoms with E-state index in [1.807, 2.05) is 32.9 Å². The Labute approximate surface area is 109 Å². The molecule has 1 rings (SSSR count). The highest BCUT2D eigenvalue weighted by atomic mass is 16.3. The summed E-state index contributed by atoms with van der Waals surface area (Å²) in [6.07, 6.45) is 0. The predicted molar refractivity (Wildman–Crippen MR) is 72.4 cm³/mol. The number of benzene rings is 1. The van der Waals surface area contributed by atoms with Gasteiger partial charge in [-0.25, -0.2) is 0 Å². The van der Waals surface area contributed by atoms with E-state index in [1.165, 1.54) is 0 Å². The van der Waals surface area contributed by atoms with Crippen LogP contribution < -0.4 is 5.32 Å². The normalized spacial score (nSPS) is 13.2. The van der Waals surface area contributed by atoms with Crippen molar-refractivity contribution in [1.82, 2.24) is 10.2 Å². The van der Waals surface area contributed by atoms with Gasteiger partial charge >= 0.3 is 0 Å². The van der Waals surface area contributed by atoms with E-state index < -0.39 is 5.54 Å². The minimum absolute atomic E-state index is 0.0132. The molecule has 0 aliphatic heterocycles. The molecule has 1 amide bonds. The van der Waals surface area contributed by atoms with Crippen molar-refractivity contribution in [3.05, 3.63) is 29.8 Å². The molecule has 100 valence electrons. The highest BCUT2D eigenvalue weighted by molar-refractivity contribution is 5.85. The molecule has 0 aliphatic rings. The number of likely N-dealkylation sites (N-methyl/N-ethyl adjacent to an activating group) is 2. The van der Waals surface area contributed by atoms with Gasteiger partial charge in [-0.05, 0) is 33.9 Å². The summed E-state index contributed by atoms with van der Waals surface area (Å²) in [4.78, 5) is 13.9. The standard InChI is InChI=1S/C14H22N2O2/c1-10(11-8-6-7-9-12(11)17)16(5)13(18)14(2,3)15-4/h6-10,15,17H,1-5H3. The number of hydrogen-bond acceptors (Lipinski definition) is 3. The average Bonchev–Trinajstić information content (AvgIpc) is 2.36. The van der Waals surface area contributed by atoms with Crippen LogP contribution in [-0.2, 0) is 4.79 Å². The van der Waals surface area contributed by atoms with E-state index in [0.717, 1.165) is 5.56 Å². The number of phenols is 1. The number of carbonyl (C=O) groups excluding carboxylic acids is 1. The molecule has 0 aliphatic carbocycles. The first kappa shape index (κ1) is 14.5. The summed E-state index contributed by atoms with van der Waals surface area (Å²) < 4.78 is 0. The third-order valence-corrected chi connectivity index (χ3v) is 3.45. The van der Waals surface area contributed by atoms with Crippen LogP contribution in [0.25, 0.3) is 0 Å². The summed E-state index contributed by atoms with van der Waals surface area (Å²) in [7, 11) is 3.51. The lowest BCUT2D eigenvalue weighted by molar-refractivity contribution is -0.137. The largest absolute Gasteiger partial charge is 0.508 e. The van der Waals surface area contributed by atoms with Crippen LogP contribution in [0.1, 0.15) is 32.4 Å². The summed E-state index contributed by atoms with van der Waals surface area (Å²) in [5, 5.41) is 12.8. The Hall–Kier alpha value is -1.55. The fraction of sp³-hybridized carbons (Fsp3) is 0.500. The summed E-state index contributed by atoms with van der Waals surface area (Å²) in [6.45, 7) is 5.57. The van der Waals surface area contributed by atoms with Gasteiger partial charge in [0.1, 0.15) is 5.75 Å². The topological polar surface area (TPSA) is 52.6 Å². The highest BCUT2D eigenvalue weighted by Gasteiger charge is 2.31. The zero-order valence-corrected chi connectivity index (χ0v) is 11.7. The van der Waals surface area contributed by atoms with Crippen LogP contribution in [0.2, 0.25) is 0 Å². The molecule has 0 saturated carbocycles. The van der Waals surface area contributed by atoms with Crippen molar-refractivity contribution in [3.63, 3.8) is 0 Å². The summed E-state index contributed by atoms with van der Waals surface area (Å²) in [5.41, 5.74) is 0.133. The molecule has 0 aromatic heterocycles. The van der Waals surface area contributed by atoms with E-state index in [0.29, 0.717) is 0 Å². The van der Waals surface area contributed by atoms with E-state index in [4.69, 9.17) is 0 Å². The molecular formula is C14H22N2O2. The molecule has 0 heterocycles. The van der Waals surface area contributed by atoms with Crippen LogP contribution in [0.5, 0.6) is 5.75 Å². The third kappa shape index (κ3) is 2.82. The number of phenolic OH excluding ortho intramolecular Hbond substituents is 1. The fourth-order valence-corrected chi connectivity index (χ4v) is 1.77. The van der Waals surface area contributed by atoms with Crippen molar-refractivity contribution >= 4 is 5.91 Å². The van der Waals surface area contributed by atoms with Crippen molar-refractivity contribution in [1.29, 1.82) is 0 Å². The average molecular weight is 250 g/mol. The Kier molecular flexibility index (Phi) is 4.35.